The van der Waals surface area contributed by atoms with Gasteiger partial charge in [-0.2, -0.15) is 0 Å². The van der Waals surface area contributed by atoms with Gasteiger partial charge in [-0.25, -0.2) is 0 Å². The molecule has 0 amide bonds. The van der Waals surface area contributed by atoms with Crippen LogP contribution in [0, 0.1) is 5.41 Å². The summed E-state index contributed by atoms with van der Waals surface area (Å²) >= 11 is 0. The minimum Gasteiger partial charge on any atom is -0.465 e. The Morgan fingerprint density at radius 1 is 0.404 bits per heavy atom. The van der Waals surface area contributed by atoms with Crippen molar-refractivity contribution in [3.05, 3.63) is 24.3 Å². The summed E-state index contributed by atoms with van der Waals surface area (Å²) in [6.45, 7) is 9.09. The molecule has 0 aromatic carbocycles. The molecule has 4 nitrogen and oxygen atoms in total. The van der Waals surface area contributed by atoms with Crippen LogP contribution in [0.5, 0.6) is 0 Å². The zero-order valence-electron chi connectivity index (χ0n) is 32.1. The van der Waals surface area contributed by atoms with Crippen molar-refractivity contribution in [2.45, 2.75) is 220 Å². The Bertz CT molecular complexity index is 738. The number of unbranched alkanes of at least 4 members (excludes halogenated alkanes) is 24. The number of hydrogen-bond donors (Lipinski definition) is 0. The van der Waals surface area contributed by atoms with Crippen LogP contribution in [0.4, 0.5) is 0 Å². The van der Waals surface area contributed by atoms with E-state index in [9.17, 15) is 9.59 Å². The molecule has 0 rings (SSSR count). The van der Waals surface area contributed by atoms with E-state index in [1.54, 1.807) is 0 Å². The van der Waals surface area contributed by atoms with Crippen LogP contribution in [0.15, 0.2) is 24.3 Å². The van der Waals surface area contributed by atoms with E-state index in [1.807, 2.05) is 13.8 Å². The highest BCUT2D eigenvalue weighted by atomic mass is 16.5. The standard InChI is InChI=1S/C43H80O4/c1-5-7-9-11-13-15-17-19-20-21-22-23-24-26-28-30-32-34-36-38-42(45)47-40-43(3,4)39-46-41(44)37-35-33-31-29-27-25-18-16-14-12-10-8-6-2/h16,18-20H,5-15,17,21-40H2,1-4H3/b18-16+,20-19+. The van der Waals surface area contributed by atoms with Crippen LogP contribution >= 0.6 is 0 Å². The largest absolute Gasteiger partial charge is 0.465 e. The van der Waals surface area contributed by atoms with E-state index in [0.717, 1.165) is 25.7 Å². The fourth-order valence-corrected chi connectivity index (χ4v) is 5.77. The Labute approximate surface area is 293 Å². The summed E-state index contributed by atoms with van der Waals surface area (Å²) in [7, 11) is 0. The van der Waals surface area contributed by atoms with E-state index in [0.29, 0.717) is 26.1 Å². The molecule has 0 atom stereocenters. The van der Waals surface area contributed by atoms with Gasteiger partial charge in [0.1, 0.15) is 0 Å². The topological polar surface area (TPSA) is 52.6 Å². The molecule has 0 bridgehead atoms. The third-order valence-corrected chi connectivity index (χ3v) is 9.03. The van der Waals surface area contributed by atoms with Crippen molar-refractivity contribution in [2.24, 2.45) is 5.41 Å². The van der Waals surface area contributed by atoms with Crippen molar-refractivity contribution in [1.82, 2.24) is 0 Å². The molecule has 0 aliphatic carbocycles. The predicted octanol–water partition coefficient (Wildman–Crippen LogP) is 14.0. The summed E-state index contributed by atoms with van der Waals surface area (Å²) in [5.41, 5.74) is -0.362. The number of allylic oxidation sites excluding steroid dienone is 4. The molecule has 0 spiro atoms. The fourth-order valence-electron chi connectivity index (χ4n) is 5.77. The lowest BCUT2D eigenvalue weighted by atomic mass is 9.96. The first-order valence-electron chi connectivity index (χ1n) is 20.5. The molecule has 0 unspecified atom stereocenters. The lowest BCUT2D eigenvalue weighted by molar-refractivity contribution is -0.152. The Morgan fingerprint density at radius 2 is 0.660 bits per heavy atom. The lowest BCUT2D eigenvalue weighted by Gasteiger charge is -2.23. The molecule has 0 N–H and O–H groups in total. The minimum atomic E-state index is -0.362. The molecule has 0 saturated heterocycles. The molecule has 276 valence electrons. The van der Waals surface area contributed by atoms with Crippen LogP contribution in [0.25, 0.3) is 0 Å². The summed E-state index contributed by atoms with van der Waals surface area (Å²) in [4.78, 5) is 24.4. The van der Waals surface area contributed by atoms with Crippen molar-refractivity contribution in [3.63, 3.8) is 0 Å². The van der Waals surface area contributed by atoms with Gasteiger partial charge in [0.15, 0.2) is 0 Å². The number of carbonyl (C=O) groups is 2. The molecule has 0 aromatic rings. The number of rotatable bonds is 36. The van der Waals surface area contributed by atoms with Gasteiger partial charge in [-0.05, 0) is 64.2 Å². The summed E-state index contributed by atoms with van der Waals surface area (Å²) in [5, 5.41) is 0. The normalized spacial score (nSPS) is 12.0. The summed E-state index contributed by atoms with van der Waals surface area (Å²) in [6.07, 6.45) is 45.7. The van der Waals surface area contributed by atoms with E-state index in [1.165, 1.54) is 154 Å². The van der Waals surface area contributed by atoms with E-state index in [2.05, 4.69) is 38.2 Å². The SMILES string of the molecule is CCCCCC/C=C/CCCCCCCC(=O)OCC(C)(C)COC(=O)CCCCCCCCCCC/C=C/CCCCCCCC. The molecule has 0 fully saturated rings. The first-order valence-corrected chi connectivity index (χ1v) is 20.5. The molecular weight excluding hydrogens is 580 g/mol. The average Bonchev–Trinajstić information content (AvgIpc) is 3.06. The van der Waals surface area contributed by atoms with Gasteiger partial charge in [-0.3, -0.25) is 9.59 Å². The Hall–Kier alpha value is -1.58. The van der Waals surface area contributed by atoms with E-state index in [-0.39, 0.29) is 17.4 Å². The minimum absolute atomic E-state index is 0.132. The highest BCUT2D eigenvalue weighted by Gasteiger charge is 2.22. The monoisotopic (exact) mass is 661 g/mol. The van der Waals surface area contributed by atoms with E-state index >= 15 is 0 Å². The van der Waals surface area contributed by atoms with Gasteiger partial charge in [0.05, 0.1) is 13.2 Å². The van der Waals surface area contributed by atoms with Crippen LogP contribution in [0.1, 0.15) is 220 Å². The highest BCUT2D eigenvalue weighted by molar-refractivity contribution is 5.69. The van der Waals surface area contributed by atoms with Gasteiger partial charge < -0.3 is 9.47 Å². The van der Waals surface area contributed by atoms with Gasteiger partial charge >= 0.3 is 11.9 Å². The Balaban J connectivity index is 3.53. The van der Waals surface area contributed by atoms with Crippen molar-refractivity contribution in [1.29, 1.82) is 0 Å². The maximum atomic E-state index is 12.2. The van der Waals surface area contributed by atoms with Gasteiger partial charge in [0.25, 0.3) is 0 Å². The first kappa shape index (κ1) is 45.4. The predicted molar refractivity (Wildman–Crippen MR) is 204 cm³/mol. The van der Waals surface area contributed by atoms with Gasteiger partial charge in [-0.1, -0.05) is 168 Å². The average molecular weight is 661 g/mol. The number of esters is 2. The van der Waals surface area contributed by atoms with E-state index in [4.69, 9.17) is 9.47 Å². The summed E-state index contributed by atoms with van der Waals surface area (Å²) in [5.74, 6) is -0.269. The fraction of sp³-hybridized carbons (Fsp3) is 0.860. The second-order valence-electron chi connectivity index (χ2n) is 14.9. The van der Waals surface area contributed by atoms with Crippen molar-refractivity contribution in [2.75, 3.05) is 13.2 Å². The third-order valence-electron chi connectivity index (χ3n) is 9.03. The molecule has 0 aromatic heterocycles. The molecular formula is C43H80O4. The van der Waals surface area contributed by atoms with Crippen molar-refractivity contribution < 1.29 is 19.1 Å². The smallest absolute Gasteiger partial charge is 0.305 e. The maximum Gasteiger partial charge on any atom is 0.305 e. The van der Waals surface area contributed by atoms with Gasteiger partial charge in [0.2, 0.25) is 0 Å². The molecule has 47 heavy (non-hydrogen) atoms. The van der Waals surface area contributed by atoms with Crippen LogP contribution < -0.4 is 0 Å². The number of ether oxygens (including phenoxy) is 2. The summed E-state index contributed by atoms with van der Waals surface area (Å²) < 4.78 is 11.0. The van der Waals surface area contributed by atoms with Crippen LogP contribution in [-0.2, 0) is 19.1 Å². The Kier molecular flexibility index (Phi) is 34.5. The van der Waals surface area contributed by atoms with Gasteiger partial charge in [0, 0.05) is 18.3 Å². The highest BCUT2D eigenvalue weighted by Crippen LogP contribution is 2.18. The second-order valence-corrected chi connectivity index (χ2v) is 14.9. The molecule has 0 aliphatic rings. The third kappa shape index (κ3) is 37.1. The zero-order chi connectivity index (χ0) is 34.5. The van der Waals surface area contributed by atoms with Crippen LogP contribution in [0.3, 0.4) is 0 Å². The molecule has 0 aliphatic heterocycles. The molecule has 0 radical (unpaired) electrons. The molecule has 0 heterocycles. The van der Waals surface area contributed by atoms with Crippen LogP contribution in [0.2, 0.25) is 0 Å². The number of hydrogen-bond acceptors (Lipinski definition) is 4. The van der Waals surface area contributed by atoms with E-state index < -0.39 is 0 Å². The quantitative estimate of drug-likeness (QED) is 0.0381. The van der Waals surface area contributed by atoms with Crippen LogP contribution in [-0.4, -0.2) is 25.2 Å². The maximum absolute atomic E-state index is 12.2. The molecule has 0 saturated carbocycles. The lowest BCUT2D eigenvalue weighted by Crippen LogP contribution is -2.28. The zero-order valence-corrected chi connectivity index (χ0v) is 32.1. The second kappa shape index (κ2) is 35.7. The number of carbonyl (C=O) groups excluding carboxylic acids is 2. The first-order chi connectivity index (χ1) is 22.9. The van der Waals surface area contributed by atoms with Gasteiger partial charge in [-0.15, -0.1) is 0 Å². The summed E-state index contributed by atoms with van der Waals surface area (Å²) in [6, 6.07) is 0. The molecule has 4 heteroatoms. The van der Waals surface area contributed by atoms with Crippen molar-refractivity contribution >= 4 is 11.9 Å². The Morgan fingerprint density at radius 3 is 0.979 bits per heavy atom. The van der Waals surface area contributed by atoms with Crippen molar-refractivity contribution in [3.8, 4) is 0 Å².